The summed E-state index contributed by atoms with van der Waals surface area (Å²) in [6.45, 7) is 1.54. The molecule has 0 fully saturated rings. The Bertz CT molecular complexity index is 1300. The summed E-state index contributed by atoms with van der Waals surface area (Å²) in [5.74, 6) is -1.17. The van der Waals surface area contributed by atoms with Crippen molar-refractivity contribution in [3.05, 3.63) is 83.7 Å². The number of nitrogens with one attached hydrogen (secondary N) is 2. The van der Waals surface area contributed by atoms with Crippen LogP contribution in [0.15, 0.2) is 71.3 Å². The molecule has 37 heavy (non-hydrogen) atoms. The average Bonchev–Trinajstić information content (AvgIpc) is 3.38. The third kappa shape index (κ3) is 7.38. The van der Waals surface area contributed by atoms with Crippen molar-refractivity contribution in [1.29, 1.82) is 0 Å². The van der Waals surface area contributed by atoms with E-state index >= 15 is 0 Å². The normalized spacial score (nSPS) is 14.7. The zero-order chi connectivity index (χ0) is 27.2. The first-order chi connectivity index (χ1) is 17.5. The van der Waals surface area contributed by atoms with Gasteiger partial charge in [0.2, 0.25) is 10.0 Å². The second-order valence-corrected chi connectivity index (χ2v) is 10.6. The number of nitrogens with zero attached hydrogens (tertiary/aromatic N) is 2. The highest BCUT2D eigenvalue weighted by molar-refractivity contribution is 7.92. The Labute approximate surface area is 215 Å². The van der Waals surface area contributed by atoms with Crippen molar-refractivity contribution in [2.75, 3.05) is 17.6 Å². The minimum atomic E-state index is -3.66. The van der Waals surface area contributed by atoms with E-state index < -0.39 is 46.1 Å². The average molecular weight is 531 g/mol. The lowest BCUT2D eigenvalue weighted by molar-refractivity contribution is -0.0188. The van der Waals surface area contributed by atoms with Gasteiger partial charge in [-0.15, -0.1) is 0 Å². The Kier molecular flexibility index (Phi) is 9.03. The number of oxazole rings is 1. The molecule has 1 aromatic heterocycles. The molecule has 11 nitrogen and oxygen atoms in total. The quantitative estimate of drug-likeness (QED) is 0.285. The molecule has 4 N–H and O–H groups in total. The second-order valence-electron chi connectivity index (χ2n) is 8.62. The zero-order valence-corrected chi connectivity index (χ0v) is 21.4. The molecule has 4 atom stereocenters. The first-order valence-corrected chi connectivity index (χ1v) is 13.3. The number of hydrogen-bond acceptors (Lipinski definition) is 8. The van der Waals surface area contributed by atoms with Crippen LogP contribution in [0.2, 0.25) is 0 Å². The monoisotopic (exact) mass is 530 g/mol. The van der Waals surface area contributed by atoms with Crippen molar-refractivity contribution in [2.24, 2.45) is 0 Å². The van der Waals surface area contributed by atoms with E-state index in [1.165, 1.54) is 7.05 Å². The van der Waals surface area contributed by atoms with E-state index in [-0.39, 0.29) is 18.1 Å². The highest BCUT2D eigenvalue weighted by atomic mass is 32.2. The molecule has 0 aliphatic heterocycles. The molecule has 3 rings (SSSR count). The fraction of sp³-hybridized carbons (Fsp3) is 0.320. The smallest absolute Gasteiger partial charge is 0.311 e. The molecule has 2 amide bonds. The summed E-state index contributed by atoms with van der Waals surface area (Å²) in [5, 5.41) is 27.2. The number of rotatable bonds is 11. The predicted molar refractivity (Wildman–Crippen MR) is 137 cm³/mol. The summed E-state index contributed by atoms with van der Waals surface area (Å²) >= 11 is 0. The fourth-order valence-corrected chi connectivity index (χ4v) is 3.89. The molecule has 0 aliphatic rings. The topological polar surface area (TPSA) is 162 Å². The molecule has 198 valence electrons. The standard InChI is InChI=1S/C25H30N4O7S/c1-16(26-23(32)18-12-8-5-9-13-18)21(30)22(31)19(14-17-10-6-4-7-11-17)27-24(33)20-15-36-25(28-20)29(2)37(3,34)35/h4-13,15-16,19,21-22,30-31H,14H2,1-3H3,(H,26,32)(H,27,33). The molecule has 3 aromatic rings. The van der Waals surface area contributed by atoms with Crippen LogP contribution in [0.25, 0.3) is 0 Å². The van der Waals surface area contributed by atoms with Gasteiger partial charge in [0.15, 0.2) is 5.69 Å². The summed E-state index contributed by atoms with van der Waals surface area (Å²) < 4.78 is 29.3. The SMILES string of the molecule is CC(NC(=O)c1ccccc1)C(O)C(O)C(Cc1ccccc1)NC(=O)c1coc(N(C)S(C)(=O)=O)n1. The molecule has 0 saturated carbocycles. The maximum absolute atomic E-state index is 12.9. The number of aliphatic hydroxyl groups is 2. The van der Waals surface area contributed by atoms with Crippen LogP contribution in [-0.4, -0.2) is 73.0 Å². The Hall–Kier alpha value is -3.74. The van der Waals surface area contributed by atoms with E-state index in [0.717, 1.165) is 22.4 Å². The number of sulfonamides is 1. The molecule has 12 heteroatoms. The van der Waals surface area contributed by atoms with Crippen molar-refractivity contribution < 1.29 is 32.6 Å². The first kappa shape index (κ1) is 27.8. The predicted octanol–water partition coefficient (Wildman–Crippen LogP) is 0.952. The van der Waals surface area contributed by atoms with E-state index in [9.17, 15) is 28.2 Å². The maximum Gasteiger partial charge on any atom is 0.311 e. The first-order valence-electron chi connectivity index (χ1n) is 11.4. The van der Waals surface area contributed by atoms with E-state index in [2.05, 4.69) is 15.6 Å². The summed E-state index contributed by atoms with van der Waals surface area (Å²) in [6.07, 6.45) is -0.816. The van der Waals surface area contributed by atoms with Crippen molar-refractivity contribution in [1.82, 2.24) is 15.6 Å². The fourth-order valence-electron chi connectivity index (χ4n) is 3.52. The number of amides is 2. The van der Waals surface area contributed by atoms with Crippen LogP contribution in [0.4, 0.5) is 6.01 Å². The van der Waals surface area contributed by atoms with Crippen LogP contribution in [0.1, 0.15) is 33.3 Å². The van der Waals surface area contributed by atoms with Gasteiger partial charge in [0.25, 0.3) is 11.8 Å². The summed E-state index contributed by atoms with van der Waals surface area (Å²) in [5.41, 5.74) is 0.958. The van der Waals surface area contributed by atoms with Gasteiger partial charge in [-0.1, -0.05) is 48.5 Å². The van der Waals surface area contributed by atoms with E-state index in [0.29, 0.717) is 5.56 Å². The number of anilines is 1. The maximum atomic E-state index is 12.9. The lowest BCUT2D eigenvalue weighted by Gasteiger charge is -2.31. The van der Waals surface area contributed by atoms with Crippen LogP contribution in [0, 0.1) is 0 Å². The van der Waals surface area contributed by atoms with Crippen molar-refractivity contribution in [3.8, 4) is 0 Å². The molecule has 0 bridgehead atoms. The number of aromatic nitrogens is 1. The van der Waals surface area contributed by atoms with E-state index in [1.54, 1.807) is 61.5 Å². The van der Waals surface area contributed by atoms with Crippen LogP contribution >= 0.6 is 0 Å². The van der Waals surface area contributed by atoms with Crippen molar-refractivity contribution in [2.45, 2.75) is 37.6 Å². The summed E-state index contributed by atoms with van der Waals surface area (Å²) in [7, 11) is -2.43. The molecular weight excluding hydrogens is 500 g/mol. The largest absolute Gasteiger partial charge is 0.430 e. The van der Waals surface area contributed by atoms with Gasteiger partial charge in [-0.05, 0) is 31.0 Å². The van der Waals surface area contributed by atoms with E-state index in [4.69, 9.17) is 4.42 Å². The third-order valence-corrected chi connectivity index (χ3v) is 6.93. The van der Waals surface area contributed by atoms with Crippen LogP contribution in [0.3, 0.4) is 0 Å². The van der Waals surface area contributed by atoms with Crippen LogP contribution in [0.5, 0.6) is 0 Å². The molecule has 0 spiro atoms. The third-order valence-electron chi connectivity index (χ3n) is 5.78. The second kappa shape index (κ2) is 12.0. The molecule has 0 radical (unpaired) electrons. The zero-order valence-electron chi connectivity index (χ0n) is 20.6. The van der Waals surface area contributed by atoms with E-state index in [1.807, 2.05) is 6.07 Å². The molecular formula is C25H30N4O7S. The van der Waals surface area contributed by atoms with Gasteiger partial charge >= 0.3 is 6.01 Å². The lowest BCUT2D eigenvalue weighted by Crippen LogP contribution is -2.55. The van der Waals surface area contributed by atoms with Crippen LogP contribution < -0.4 is 14.9 Å². The summed E-state index contributed by atoms with van der Waals surface area (Å²) in [6, 6.07) is 15.3. The Morgan fingerprint density at radius 2 is 1.57 bits per heavy atom. The Morgan fingerprint density at radius 1 is 0.973 bits per heavy atom. The molecule has 2 aromatic carbocycles. The van der Waals surface area contributed by atoms with Gasteiger partial charge in [0.1, 0.15) is 18.5 Å². The van der Waals surface area contributed by atoms with Crippen molar-refractivity contribution >= 4 is 27.9 Å². The van der Waals surface area contributed by atoms with Gasteiger partial charge in [-0.3, -0.25) is 9.59 Å². The summed E-state index contributed by atoms with van der Waals surface area (Å²) in [4.78, 5) is 29.3. The van der Waals surface area contributed by atoms with Gasteiger partial charge in [0.05, 0.1) is 18.3 Å². The highest BCUT2D eigenvalue weighted by Gasteiger charge is 2.33. The Balaban J connectivity index is 1.76. The minimum absolute atomic E-state index is 0.151. The van der Waals surface area contributed by atoms with Gasteiger partial charge in [-0.2, -0.15) is 4.98 Å². The van der Waals surface area contributed by atoms with Gasteiger partial charge < -0.3 is 25.3 Å². The number of hydrogen-bond donors (Lipinski definition) is 4. The molecule has 0 saturated heterocycles. The number of benzene rings is 2. The van der Waals surface area contributed by atoms with Crippen molar-refractivity contribution in [3.63, 3.8) is 0 Å². The molecule has 1 heterocycles. The van der Waals surface area contributed by atoms with Crippen LogP contribution in [-0.2, 0) is 16.4 Å². The van der Waals surface area contributed by atoms with Gasteiger partial charge in [0, 0.05) is 12.6 Å². The lowest BCUT2D eigenvalue weighted by atomic mass is 9.94. The number of carbonyl (C=O) groups is 2. The number of aliphatic hydroxyl groups excluding tert-OH is 2. The number of carbonyl (C=O) groups excluding carboxylic acids is 2. The minimum Gasteiger partial charge on any atom is -0.430 e. The van der Waals surface area contributed by atoms with Gasteiger partial charge in [-0.25, -0.2) is 12.7 Å². The molecule has 4 unspecified atom stereocenters. The Morgan fingerprint density at radius 3 is 2.16 bits per heavy atom. The molecule has 0 aliphatic carbocycles. The highest BCUT2D eigenvalue weighted by Crippen LogP contribution is 2.16.